The molecule has 1 saturated carbocycles. The minimum atomic E-state index is -0.459. The number of hydrogen-bond donors (Lipinski definition) is 2. The van der Waals surface area contributed by atoms with Crippen molar-refractivity contribution in [2.75, 3.05) is 26.2 Å². The number of aliphatic hydroxyl groups is 1. The summed E-state index contributed by atoms with van der Waals surface area (Å²) in [5.74, 6) is 1.85. The number of ether oxygens (including phenoxy) is 4. The van der Waals surface area contributed by atoms with Crippen molar-refractivity contribution in [3.8, 4) is 17.2 Å². The number of carbonyl (C=O) groups is 2. The summed E-state index contributed by atoms with van der Waals surface area (Å²) in [5.41, 5.74) is -0.913. The Kier molecular flexibility index (Phi) is 20.2. The van der Waals surface area contributed by atoms with Crippen molar-refractivity contribution in [1.82, 2.24) is 24.8 Å². The lowest BCUT2D eigenvalue weighted by Crippen LogP contribution is -2.36. The van der Waals surface area contributed by atoms with E-state index in [1.165, 1.54) is 36.8 Å². The van der Waals surface area contributed by atoms with Gasteiger partial charge in [-0.05, 0) is 110 Å². The molecule has 0 unspecified atom stereocenters. The van der Waals surface area contributed by atoms with E-state index in [9.17, 15) is 14.7 Å². The van der Waals surface area contributed by atoms with Crippen LogP contribution in [0.25, 0.3) is 0 Å². The molecule has 296 valence electrons. The van der Waals surface area contributed by atoms with E-state index < -0.39 is 11.2 Å². The number of pyridine rings is 3. The molecular formula is C40H63N5O8. The molecule has 3 fully saturated rings. The second-order valence-corrected chi connectivity index (χ2v) is 14.4. The predicted octanol–water partition coefficient (Wildman–Crippen LogP) is 7.92. The lowest BCUT2D eigenvalue weighted by Gasteiger charge is -2.24. The van der Waals surface area contributed by atoms with Crippen LogP contribution in [0.15, 0.2) is 73.6 Å². The van der Waals surface area contributed by atoms with E-state index >= 15 is 0 Å². The number of amides is 2. The number of β-amino-alcohol motifs (C(OH)–C–C–N with tert-alkyl or cyclic N) is 1. The zero-order chi connectivity index (χ0) is 37.3. The number of aliphatic hydroxyl groups excluding tert-OH is 1. The van der Waals surface area contributed by atoms with Crippen LogP contribution in [0.5, 0.6) is 17.2 Å². The Bertz CT molecular complexity index is 1420. The van der Waals surface area contributed by atoms with Gasteiger partial charge in [-0.2, -0.15) is 0 Å². The predicted molar refractivity (Wildman–Crippen MR) is 206 cm³/mol. The fourth-order valence-corrected chi connectivity index (χ4v) is 5.13. The van der Waals surface area contributed by atoms with Gasteiger partial charge >= 0.3 is 12.2 Å². The first-order valence-electron chi connectivity index (χ1n) is 17.5. The lowest BCUT2D eigenvalue weighted by molar-refractivity contribution is 0.0263. The summed E-state index contributed by atoms with van der Waals surface area (Å²) in [5, 5.41) is 17.8. The zero-order valence-corrected chi connectivity index (χ0v) is 30.8. The normalized spacial score (nSPS) is 17.9. The highest BCUT2D eigenvalue weighted by Gasteiger charge is 2.31. The smallest absolute Gasteiger partial charge is 0.410 e. The molecule has 13 heteroatoms. The fraction of sp³-hybridized carbons (Fsp3) is 0.575. The molecule has 2 atom stereocenters. The van der Waals surface area contributed by atoms with Crippen molar-refractivity contribution in [2.45, 2.75) is 124 Å². The molecule has 0 radical (unpaired) electrons. The monoisotopic (exact) mass is 741 g/mol. The molecular weight excluding hydrogens is 678 g/mol. The molecule has 3 aromatic rings. The first kappa shape index (κ1) is 46.4. The summed E-state index contributed by atoms with van der Waals surface area (Å²) < 4.78 is 22.0. The summed E-state index contributed by atoms with van der Waals surface area (Å²) in [6.07, 6.45) is 15.9. The molecule has 5 heterocycles. The van der Waals surface area contributed by atoms with E-state index in [1.807, 2.05) is 65.8 Å². The molecule has 2 aliphatic heterocycles. The number of hydrogen-bond acceptors (Lipinski definition) is 11. The number of aromatic nitrogens is 3. The molecule has 0 spiro atoms. The maximum atomic E-state index is 11.9. The van der Waals surface area contributed by atoms with E-state index in [2.05, 4.69) is 15.0 Å². The fourth-order valence-electron chi connectivity index (χ4n) is 5.13. The third-order valence-corrected chi connectivity index (χ3v) is 7.43. The maximum absolute atomic E-state index is 11.9. The topological polar surface area (TPSA) is 157 Å². The summed E-state index contributed by atoms with van der Waals surface area (Å²) >= 11 is 0. The number of likely N-dealkylation sites (tertiary alicyclic amines) is 2. The third-order valence-electron chi connectivity index (χ3n) is 7.43. The van der Waals surface area contributed by atoms with E-state index in [0.29, 0.717) is 38.7 Å². The molecule has 1 aliphatic carbocycles. The number of carbonyl (C=O) groups excluding carboxylic acids is 2. The average molecular weight is 742 g/mol. The minimum Gasteiger partial charge on any atom is -0.506 e. The Morgan fingerprint density at radius 2 is 1.11 bits per heavy atom. The van der Waals surface area contributed by atoms with E-state index in [-0.39, 0.29) is 45.0 Å². The highest BCUT2D eigenvalue weighted by molar-refractivity contribution is 5.69. The third kappa shape index (κ3) is 19.7. The number of rotatable bonds is 4. The van der Waals surface area contributed by atoms with E-state index in [4.69, 9.17) is 24.1 Å². The number of nitrogens with zero attached hydrogens (tertiary/aromatic N) is 5. The van der Waals surface area contributed by atoms with Gasteiger partial charge < -0.3 is 39.0 Å². The molecule has 3 aromatic heterocycles. The second-order valence-electron chi connectivity index (χ2n) is 14.4. The highest BCUT2D eigenvalue weighted by Crippen LogP contribution is 2.23. The van der Waals surface area contributed by atoms with Crippen LogP contribution in [-0.4, -0.2) is 103 Å². The SMILES string of the molecule is C.C.CC(C)(C)OC(=O)N1CC[C@@H](O)C1.CC(C)(C)OC(=O)N1CC[C@H](Oc2cccnc2)C1.Oc1cccnc1.c1cncc(OC2CCCC2)c1. The molecule has 0 aromatic carbocycles. The van der Waals surface area contributed by atoms with Gasteiger partial charge in [-0.3, -0.25) is 15.0 Å². The Hall–Kier alpha value is -4.65. The first-order chi connectivity index (χ1) is 24.2. The van der Waals surface area contributed by atoms with Gasteiger partial charge in [0.05, 0.1) is 37.3 Å². The van der Waals surface area contributed by atoms with Crippen LogP contribution in [0.2, 0.25) is 0 Å². The second kappa shape index (κ2) is 23.1. The van der Waals surface area contributed by atoms with Gasteiger partial charge in [-0.1, -0.05) is 14.9 Å². The molecule has 13 nitrogen and oxygen atoms in total. The van der Waals surface area contributed by atoms with Crippen LogP contribution in [0.3, 0.4) is 0 Å². The summed E-state index contributed by atoms with van der Waals surface area (Å²) in [6, 6.07) is 10.8. The van der Waals surface area contributed by atoms with Gasteiger partial charge in [0.25, 0.3) is 0 Å². The molecule has 3 aliphatic rings. The minimum absolute atomic E-state index is 0. The van der Waals surface area contributed by atoms with E-state index in [1.54, 1.807) is 48.0 Å². The molecule has 6 rings (SSSR count). The molecule has 53 heavy (non-hydrogen) atoms. The van der Waals surface area contributed by atoms with Crippen molar-refractivity contribution < 1.29 is 38.7 Å². The van der Waals surface area contributed by atoms with Gasteiger partial charge in [-0.25, -0.2) is 9.59 Å². The summed E-state index contributed by atoms with van der Waals surface area (Å²) in [7, 11) is 0. The van der Waals surface area contributed by atoms with Crippen LogP contribution in [-0.2, 0) is 9.47 Å². The van der Waals surface area contributed by atoms with Crippen molar-refractivity contribution >= 4 is 12.2 Å². The molecule has 0 bridgehead atoms. The standard InChI is InChI=1S/C14H20N2O3.C10H13NO.C9H17NO3.C5H5NO.2CH4/c1-14(2,3)19-13(17)16-8-6-12(10-16)18-11-5-4-7-15-9-11;1-2-5-9(4-1)12-10-6-3-7-11-8-10;1-9(2,3)13-8(12)10-5-4-7(11)6-10;7-5-2-1-3-6-4-5;;/h4-5,7,9,12H,6,8,10H2,1-3H3;3,6-9H,1-2,4-5H2;7,11H,4-6H2,1-3H3;1-4,7H;2*1H4/t12-;;7-;;;/m0.1.../s1. The maximum Gasteiger partial charge on any atom is 0.410 e. The Labute approximate surface area is 316 Å². The zero-order valence-electron chi connectivity index (χ0n) is 30.8. The quantitative estimate of drug-likeness (QED) is 0.268. The van der Waals surface area contributed by atoms with Gasteiger partial charge in [0.1, 0.15) is 34.6 Å². The lowest BCUT2D eigenvalue weighted by atomic mass is 10.2. The van der Waals surface area contributed by atoms with Crippen molar-refractivity contribution in [2.24, 2.45) is 0 Å². The van der Waals surface area contributed by atoms with Crippen LogP contribution in [0, 0.1) is 0 Å². The van der Waals surface area contributed by atoms with Crippen molar-refractivity contribution in [3.05, 3.63) is 73.6 Å². The molecule has 2 saturated heterocycles. The highest BCUT2D eigenvalue weighted by atomic mass is 16.6. The van der Waals surface area contributed by atoms with Crippen LogP contribution < -0.4 is 9.47 Å². The van der Waals surface area contributed by atoms with Crippen LogP contribution >= 0.6 is 0 Å². The summed E-state index contributed by atoms with van der Waals surface area (Å²) in [6.45, 7) is 13.3. The summed E-state index contributed by atoms with van der Waals surface area (Å²) in [4.78, 5) is 38.2. The number of aromatic hydroxyl groups is 1. The van der Waals surface area contributed by atoms with Gasteiger partial charge in [0.15, 0.2) is 0 Å². The Morgan fingerprint density at radius 3 is 1.49 bits per heavy atom. The molecule has 2 amide bonds. The van der Waals surface area contributed by atoms with Crippen molar-refractivity contribution in [3.63, 3.8) is 0 Å². The van der Waals surface area contributed by atoms with Gasteiger partial charge in [-0.15, -0.1) is 0 Å². The Balaban J connectivity index is 0.000000366. The first-order valence-corrected chi connectivity index (χ1v) is 17.5. The largest absolute Gasteiger partial charge is 0.506 e. The Morgan fingerprint density at radius 1 is 0.660 bits per heavy atom. The van der Waals surface area contributed by atoms with Crippen LogP contribution in [0.1, 0.15) is 94.9 Å². The van der Waals surface area contributed by atoms with Gasteiger partial charge in [0, 0.05) is 44.6 Å². The average Bonchev–Trinajstić information content (AvgIpc) is 3.85. The van der Waals surface area contributed by atoms with E-state index in [0.717, 1.165) is 17.9 Å². The molecule has 2 N–H and O–H groups in total. The van der Waals surface area contributed by atoms with Gasteiger partial charge in [0.2, 0.25) is 0 Å². The van der Waals surface area contributed by atoms with Crippen LogP contribution in [0.4, 0.5) is 9.59 Å². The van der Waals surface area contributed by atoms with Crippen molar-refractivity contribution in [1.29, 1.82) is 0 Å².